The summed E-state index contributed by atoms with van der Waals surface area (Å²) in [6.45, 7) is 6.36. The van der Waals surface area contributed by atoms with Gasteiger partial charge in [0.15, 0.2) is 0 Å². The van der Waals surface area contributed by atoms with E-state index in [1.54, 1.807) is 33.3 Å². The molecule has 0 spiro atoms. The van der Waals surface area contributed by atoms with E-state index in [1.165, 1.54) is 36.3 Å². The first-order chi connectivity index (χ1) is 18.5. The minimum atomic E-state index is -0.298. The van der Waals surface area contributed by atoms with Gasteiger partial charge in [-0.3, -0.25) is 9.59 Å². The summed E-state index contributed by atoms with van der Waals surface area (Å²) in [5.74, 6) is -0.381. The first-order valence-corrected chi connectivity index (χ1v) is 14.4. The molecule has 38 heavy (non-hydrogen) atoms. The smallest absolute Gasteiger partial charge is 0.242 e. The lowest BCUT2D eigenvalue weighted by Crippen LogP contribution is -2.46. The number of nitrogens with zero attached hydrogens (tertiary/aromatic N) is 3. The average Bonchev–Trinajstić information content (AvgIpc) is 3.35. The van der Waals surface area contributed by atoms with Crippen LogP contribution in [0.4, 0.5) is 4.39 Å². The van der Waals surface area contributed by atoms with Crippen molar-refractivity contribution in [1.29, 1.82) is 0 Å². The first-order valence-electron chi connectivity index (χ1n) is 13.6. The Morgan fingerprint density at radius 3 is 2.26 bits per heavy atom. The summed E-state index contributed by atoms with van der Waals surface area (Å²) in [7, 11) is 0. The molecular weight excluding hydrogens is 497 g/mol. The van der Waals surface area contributed by atoms with Crippen LogP contribution in [0.15, 0.2) is 66.7 Å². The third kappa shape index (κ3) is 8.77. The van der Waals surface area contributed by atoms with Crippen LogP contribution >= 0.6 is 11.3 Å². The Hall–Kier alpha value is -3.03. The fourth-order valence-electron chi connectivity index (χ4n) is 4.86. The highest BCUT2D eigenvalue weighted by Crippen LogP contribution is 2.19. The lowest BCUT2D eigenvalue weighted by molar-refractivity contribution is -0.141. The number of hydrogen-bond acceptors (Lipinski definition) is 4. The van der Waals surface area contributed by atoms with Gasteiger partial charge in [0.1, 0.15) is 5.82 Å². The van der Waals surface area contributed by atoms with Crippen molar-refractivity contribution >= 4 is 23.2 Å². The molecule has 1 fully saturated rings. The standard InChI is InChI=1S/C31H38FN3O2S/c1-25-10-16-29(38-25)23-35(22-27-11-14-28(32)15-12-27)31(37)24-34(21-20-33-18-6-3-7-19-33)30(36)17-13-26-8-4-2-5-9-26/h2,4-5,8-12,14-16H,3,6-7,13,17-24H2,1H3. The van der Waals surface area contributed by atoms with E-state index >= 15 is 0 Å². The summed E-state index contributed by atoms with van der Waals surface area (Å²) < 4.78 is 13.5. The number of piperidine rings is 1. The topological polar surface area (TPSA) is 43.9 Å². The molecule has 2 amide bonds. The number of thiophene rings is 1. The fraction of sp³-hybridized carbons (Fsp3) is 0.419. The molecular formula is C31H38FN3O2S. The molecule has 3 aromatic rings. The zero-order chi connectivity index (χ0) is 26.7. The van der Waals surface area contributed by atoms with Crippen LogP contribution in [-0.2, 0) is 29.1 Å². The number of amides is 2. The summed E-state index contributed by atoms with van der Waals surface area (Å²) in [6, 6.07) is 20.4. The number of rotatable bonds is 12. The van der Waals surface area contributed by atoms with E-state index < -0.39 is 0 Å². The van der Waals surface area contributed by atoms with Crippen molar-refractivity contribution in [2.24, 2.45) is 0 Å². The van der Waals surface area contributed by atoms with Crippen LogP contribution in [0.1, 0.15) is 46.6 Å². The zero-order valence-corrected chi connectivity index (χ0v) is 23.1. The summed E-state index contributed by atoms with van der Waals surface area (Å²) >= 11 is 1.67. The van der Waals surface area contributed by atoms with Crippen LogP contribution in [0.5, 0.6) is 0 Å². The Morgan fingerprint density at radius 1 is 0.842 bits per heavy atom. The molecule has 1 aromatic heterocycles. The van der Waals surface area contributed by atoms with Crippen LogP contribution in [0.3, 0.4) is 0 Å². The van der Waals surface area contributed by atoms with Crippen molar-refractivity contribution in [1.82, 2.24) is 14.7 Å². The maximum absolute atomic E-state index is 13.7. The monoisotopic (exact) mass is 535 g/mol. The van der Waals surface area contributed by atoms with Crippen molar-refractivity contribution in [3.05, 3.63) is 93.4 Å². The van der Waals surface area contributed by atoms with Gasteiger partial charge in [0.2, 0.25) is 11.8 Å². The molecule has 0 N–H and O–H groups in total. The summed E-state index contributed by atoms with van der Waals surface area (Å²) in [4.78, 5) is 35.3. The lowest BCUT2D eigenvalue weighted by Gasteiger charge is -2.31. The molecule has 5 nitrogen and oxygen atoms in total. The largest absolute Gasteiger partial charge is 0.332 e. The predicted molar refractivity (Wildman–Crippen MR) is 151 cm³/mol. The average molecular weight is 536 g/mol. The van der Waals surface area contributed by atoms with E-state index in [-0.39, 0.29) is 24.2 Å². The van der Waals surface area contributed by atoms with Gasteiger partial charge in [0.25, 0.3) is 0 Å². The third-order valence-electron chi connectivity index (χ3n) is 7.07. The predicted octanol–water partition coefficient (Wildman–Crippen LogP) is 5.67. The highest BCUT2D eigenvalue weighted by Gasteiger charge is 2.23. The second-order valence-electron chi connectivity index (χ2n) is 10.1. The fourth-order valence-corrected chi connectivity index (χ4v) is 5.76. The zero-order valence-electron chi connectivity index (χ0n) is 22.3. The van der Waals surface area contributed by atoms with Gasteiger partial charge in [0, 0.05) is 35.8 Å². The van der Waals surface area contributed by atoms with Gasteiger partial charge in [-0.15, -0.1) is 11.3 Å². The first kappa shape index (κ1) is 28.0. The molecule has 202 valence electrons. The number of carbonyl (C=O) groups is 2. The Labute approximate surface area is 229 Å². The summed E-state index contributed by atoms with van der Waals surface area (Å²) in [6.07, 6.45) is 4.66. The van der Waals surface area contributed by atoms with Crippen molar-refractivity contribution in [3.63, 3.8) is 0 Å². The van der Waals surface area contributed by atoms with E-state index in [9.17, 15) is 14.0 Å². The molecule has 0 unspecified atom stereocenters. The molecule has 7 heteroatoms. The Bertz CT molecular complexity index is 1160. The highest BCUT2D eigenvalue weighted by atomic mass is 32.1. The van der Waals surface area contributed by atoms with Gasteiger partial charge in [0.05, 0.1) is 13.1 Å². The second-order valence-corrected chi connectivity index (χ2v) is 11.5. The van der Waals surface area contributed by atoms with Crippen LogP contribution in [0, 0.1) is 12.7 Å². The second kappa shape index (κ2) is 14.2. The molecule has 1 aliphatic heterocycles. The van der Waals surface area contributed by atoms with Crippen LogP contribution in [0.2, 0.25) is 0 Å². The van der Waals surface area contributed by atoms with Crippen molar-refractivity contribution in [2.45, 2.75) is 52.1 Å². The summed E-state index contributed by atoms with van der Waals surface area (Å²) in [5, 5.41) is 0. The van der Waals surface area contributed by atoms with Gasteiger partial charge in [-0.1, -0.05) is 48.9 Å². The Balaban J connectivity index is 1.46. The van der Waals surface area contributed by atoms with Gasteiger partial charge >= 0.3 is 0 Å². The van der Waals surface area contributed by atoms with E-state index in [2.05, 4.69) is 11.0 Å². The lowest BCUT2D eigenvalue weighted by atomic mass is 10.1. The molecule has 0 bridgehead atoms. The van der Waals surface area contributed by atoms with Crippen LogP contribution in [0.25, 0.3) is 0 Å². The summed E-state index contributed by atoms with van der Waals surface area (Å²) in [5.41, 5.74) is 1.98. The molecule has 1 aliphatic rings. The minimum absolute atomic E-state index is 0.00733. The molecule has 2 aromatic carbocycles. The maximum Gasteiger partial charge on any atom is 0.242 e. The van der Waals surface area contributed by atoms with Crippen LogP contribution in [-0.4, -0.2) is 59.2 Å². The highest BCUT2D eigenvalue weighted by molar-refractivity contribution is 7.11. The van der Waals surface area contributed by atoms with Crippen molar-refractivity contribution in [3.8, 4) is 0 Å². The van der Waals surface area contributed by atoms with Gasteiger partial charge in [-0.2, -0.15) is 0 Å². The molecule has 0 atom stereocenters. The maximum atomic E-state index is 13.7. The van der Waals surface area contributed by atoms with Crippen LogP contribution < -0.4 is 0 Å². The van der Waals surface area contributed by atoms with Crippen molar-refractivity contribution < 1.29 is 14.0 Å². The normalized spacial score (nSPS) is 13.8. The molecule has 2 heterocycles. The van der Waals surface area contributed by atoms with E-state index in [1.807, 2.05) is 43.3 Å². The van der Waals surface area contributed by atoms with E-state index in [4.69, 9.17) is 0 Å². The SMILES string of the molecule is Cc1ccc(CN(Cc2ccc(F)cc2)C(=O)CN(CCN2CCCCC2)C(=O)CCc2ccccc2)s1. The van der Waals surface area contributed by atoms with Gasteiger partial charge < -0.3 is 14.7 Å². The third-order valence-corrected chi connectivity index (χ3v) is 8.05. The molecule has 0 saturated carbocycles. The van der Waals surface area contributed by atoms with E-state index in [0.717, 1.165) is 35.6 Å². The van der Waals surface area contributed by atoms with E-state index in [0.29, 0.717) is 32.5 Å². The van der Waals surface area contributed by atoms with Gasteiger partial charge in [-0.25, -0.2) is 4.39 Å². The quantitative estimate of drug-likeness (QED) is 0.300. The number of hydrogen-bond donors (Lipinski definition) is 0. The number of carbonyl (C=O) groups excluding carboxylic acids is 2. The number of likely N-dealkylation sites (tertiary alicyclic amines) is 1. The minimum Gasteiger partial charge on any atom is -0.332 e. The molecule has 1 saturated heterocycles. The Kier molecular flexibility index (Phi) is 10.5. The number of halogens is 1. The van der Waals surface area contributed by atoms with Crippen molar-refractivity contribution in [2.75, 3.05) is 32.7 Å². The number of benzene rings is 2. The number of aryl methyl sites for hydroxylation is 2. The molecule has 0 radical (unpaired) electrons. The Morgan fingerprint density at radius 2 is 1.58 bits per heavy atom. The molecule has 4 rings (SSSR count). The molecule has 0 aliphatic carbocycles. The van der Waals surface area contributed by atoms with Gasteiger partial charge in [-0.05, 0) is 74.7 Å².